The number of morpholine rings is 1. The average Bonchev–Trinajstić information content (AvgIpc) is 2.48. The molecular formula is C12H20N4O3S. The summed E-state index contributed by atoms with van der Waals surface area (Å²) in [5, 5.41) is 2.78. The van der Waals surface area contributed by atoms with Crippen molar-refractivity contribution in [2.75, 3.05) is 51.8 Å². The fourth-order valence-corrected chi connectivity index (χ4v) is 3.22. The number of hydrogen-bond acceptors (Lipinski definition) is 6. The third kappa shape index (κ3) is 3.89. The van der Waals surface area contributed by atoms with E-state index in [1.54, 1.807) is 19.3 Å². The first-order valence-electron chi connectivity index (χ1n) is 6.56. The molecule has 0 amide bonds. The first-order chi connectivity index (χ1) is 9.63. The van der Waals surface area contributed by atoms with Crippen molar-refractivity contribution in [2.45, 2.75) is 4.90 Å². The van der Waals surface area contributed by atoms with Crippen molar-refractivity contribution in [1.29, 1.82) is 0 Å². The molecule has 1 aromatic rings. The van der Waals surface area contributed by atoms with E-state index in [0.717, 1.165) is 13.1 Å². The van der Waals surface area contributed by atoms with Crippen LogP contribution in [0.2, 0.25) is 0 Å². The van der Waals surface area contributed by atoms with Crippen molar-refractivity contribution in [2.24, 2.45) is 0 Å². The highest BCUT2D eigenvalue weighted by Crippen LogP contribution is 2.16. The van der Waals surface area contributed by atoms with Crippen LogP contribution < -0.4 is 10.0 Å². The van der Waals surface area contributed by atoms with Crippen LogP contribution in [-0.4, -0.2) is 64.7 Å². The molecule has 112 valence electrons. The molecule has 0 spiro atoms. The van der Waals surface area contributed by atoms with E-state index in [9.17, 15) is 8.42 Å². The Bertz CT molecular complexity index is 529. The highest BCUT2D eigenvalue weighted by atomic mass is 32.2. The van der Waals surface area contributed by atoms with Crippen molar-refractivity contribution >= 4 is 15.8 Å². The van der Waals surface area contributed by atoms with Gasteiger partial charge in [0.05, 0.1) is 13.2 Å². The summed E-state index contributed by atoms with van der Waals surface area (Å²) in [4.78, 5) is 6.35. The lowest BCUT2D eigenvalue weighted by atomic mass is 10.4. The standard InChI is InChI=1S/C12H20N4O3S/c1-13-12-11(3-2-4-14-12)20(17,18)15-5-6-16-7-9-19-10-8-16/h2-4,15H,5-10H2,1H3,(H,13,14). The maximum absolute atomic E-state index is 12.2. The number of aromatic nitrogens is 1. The van der Waals surface area contributed by atoms with Gasteiger partial charge in [-0.15, -0.1) is 0 Å². The molecule has 0 bridgehead atoms. The molecule has 1 aromatic heterocycles. The highest BCUT2D eigenvalue weighted by Gasteiger charge is 2.19. The van der Waals surface area contributed by atoms with Crippen molar-refractivity contribution in [3.63, 3.8) is 0 Å². The zero-order valence-electron chi connectivity index (χ0n) is 11.5. The zero-order valence-corrected chi connectivity index (χ0v) is 12.3. The Labute approximate surface area is 119 Å². The van der Waals surface area contributed by atoms with Gasteiger partial charge in [-0.3, -0.25) is 4.90 Å². The number of hydrogen-bond donors (Lipinski definition) is 2. The van der Waals surface area contributed by atoms with Crippen LogP contribution in [0.4, 0.5) is 5.82 Å². The number of pyridine rings is 1. The van der Waals surface area contributed by atoms with Gasteiger partial charge in [0, 0.05) is 39.4 Å². The van der Waals surface area contributed by atoms with Gasteiger partial charge < -0.3 is 10.1 Å². The summed E-state index contributed by atoms with van der Waals surface area (Å²) in [7, 11) is -1.89. The molecule has 0 aliphatic carbocycles. The topological polar surface area (TPSA) is 83.6 Å². The summed E-state index contributed by atoms with van der Waals surface area (Å²) in [6.45, 7) is 4.16. The minimum Gasteiger partial charge on any atom is -0.379 e. The Hall–Kier alpha value is -1.22. The van der Waals surface area contributed by atoms with Crippen LogP contribution in [-0.2, 0) is 14.8 Å². The molecule has 2 N–H and O–H groups in total. The Balaban J connectivity index is 1.93. The molecule has 2 rings (SSSR count). The van der Waals surface area contributed by atoms with Crippen LogP contribution in [0, 0.1) is 0 Å². The summed E-state index contributed by atoms with van der Waals surface area (Å²) >= 11 is 0. The molecule has 7 nitrogen and oxygen atoms in total. The molecule has 1 aliphatic rings. The molecule has 0 radical (unpaired) electrons. The molecule has 0 aromatic carbocycles. The average molecular weight is 300 g/mol. The van der Waals surface area contributed by atoms with Gasteiger partial charge in [-0.2, -0.15) is 0 Å². The van der Waals surface area contributed by atoms with E-state index in [1.807, 2.05) is 0 Å². The van der Waals surface area contributed by atoms with Gasteiger partial charge in [-0.1, -0.05) is 0 Å². The second-order valence-corrected chi connectivity index (χ2v) is 6.19. The Morgan fingerprint density at radius 1 is 1.40 bits per heavy atom. The van der Waals surface area contributed by atoms with Gasteiger partial charge >= 0.3 is 0 Å². The maximum Gasteiger partial charge on any atom is 0.244 e. The van der Waals surface area contributed by atoms with Gasteiger partial charge in [0.25, 0.3) is 0 Å². The largest absolute Gasteiger partial charge is 0.379 e. The first-order valence-corrected chi connectivity index (χ1v) is 8.04. The molecular weight excluding hydrogens is 280 g/mol. The van der Waals surface area contributed by atoms with Gasteiger partial charge in [-0.25, -0.2) is 18.1 Å². The lowest BCUT2D eigenvalue weighted by molar-refractivity contribution is 0.0390. The second kappa shape index (κ2) is 6.98. The molecule has 1 aliphatic heterocycles. The van der Waals surface area contributed by atoms with Crippen LogP contribution >= 0.6 is 0 Å². The number of nitrogens with one attached hydrogen (secondary N) is 2. The van der Waals surface area contributed by atoms with Crippen LogP contribution in [0.25, 0.3) is 0 Å². The summed E-state index contributed by atoms with van der Waals surface area (Å²) in [6.07, 6.45) is 1.55. The van der Waals surface area contributed by atoms with Crippen LogP contribution in [0.15, 0.2) is 23.2 Å². The molecule has 0 atom stereocenters. The first kappa shape index (κ1) is 15.2. The van der Waals surface area contributed by atoms with Crippen molar-refractivity contribution in [3.8, 4) is 0 Å². The SMILES string of the molecule is CNc1ncccc1S(=O)(=O)NCCN1CCOCC1. The third-order valence-corrected chi connectivity index (χ3v) is 4.61. The lowest BCUT2D eigenvalue weighted by Gasteiger charge is -2.26. The quantitative estimate of drug-likeness (QED) is 0.753. The van der Waals surface area contributed by atoms with Gasteiger partial charge in [0.15, 0.2) is 0 Å². The van der Waals surface area contributed by atoms with Gasteiger partial charge in [0.1, 0.15) is 10.7 Å². The Kier molecular flexibility index (Phi) is 5.30. The van der Waals surface area contributed by atoms with E-state index in [-0.39, 0.29) is 4.90 Å². The van der Waals surface area contributed by atoms with E-state index in [1.165, 1.54) is 6.07 Å². The normalized spacial score (nSPS) is 17.1. The van der Waals surface area contributed by atoms with E-state index in [4.69, 9.17) is 4.74 Å². The number of rotatable bonds is 6. The molecule has 0 saturated carbocycles. The van der Waals surface area contributed by atoms with Gasteiger partial charge in [-0.05, 0) is 12.1 Å². The molecule has 1 fully saturated rings. The molecule has 8 heteroatoms. The fraction of sp³-hybridized carbons (Fsp3) is 0.583. The minimum absolute atomic E-state index is 0.171. The van der Waals surface area contributed by atoms with E-state index >= 15 is 0 Å². The third-order valence-electron chi connectivity index (χ3n) is 3.12. The van der Waals surface area contributed by atoms with E-state index in [0.29, 0.717) is 32.1 Å². The summed E-state index contributed by atoms with van der Waals surface area (Å²) in [6, 6.07) is 3.15. The van der Waals surface area contributed by atoms with Crippen LogP contribution in [0.1, 0.15) is 0 Å². The monoisotopic (exact) mass is 300 g/mol. The fourth-order valence-electron chi connectivity index (χ4n) is 2.04. The number of nitrogens with zero attached hydrogens (tertiary/aromatic N) is 2. The number of anilines is 1. The predicted octanol–water partition coefficient (Wildman–Crippen LogP) is -0.266. The number of ether oxygens (including phenoxy) is 1. The Morgan fingerprint density at radius 3 is 2.85 bits per heavy atom. The molecule has 1 saturated heterocycles. The summed E-state index contributed by atoms with van der Waals surface area (Å²) in [5.74, 6) is 0.353. The van der Waals surface area contributed by atoms with Crippen molar-refractivity contribution in [1.82, 2.24) is 14.6 Å². The van der Waals surface area contributed by atoms with Crippen LogP contribution in [0.5, 0.6) is 0 Å². The van der Waals surface area contributed by atoms with Crippen molar-refractivity contribution < 1.29 is 13.2 Å². The molecule has 0 unspecified atom stereocenters. The van der Waals surface area contributed by atoms with Gasteiger partial charge in [0.2, 0.25) is 10.0 Å². The molecule has 20 heavy (non-hydrogen) atoms. The lowest BCUT2D eigenvalue weighted by Crippen LogP contribution is -2.41. The van der Waals surface area contributed by atoms with Crippen LogP contribution in [0.3, 0.4) is 0 Å². The molecule has 2 heterocycles. The maximum atomic E-state index is 12.2. The Morgan fingerprint density at radius 2 is 2.15 bits per heavy atom. The summed E-state index contributed by atoms with van der Waals surface area (Å²) < 4.78 is 32.3. The highest BCUT2D eigenvalue weighted by molar-refractivity contribution is 7.89. The number of sulfonamides is 1. The predicted molar refractivity (Wildman–Crippen MR) is 76.2 cm³/mol. The minimum atomic E-state index is -3.54. The smallest absolute Gasteiger partial charge is 0.244 e. The van der Waals surface area contributed by atoms with E-state index in [2.05, 4.69) is 19.9 Å². The zero-order chi connectivity index (χ0) is 14.4. The second-order valence-electron chi connectivity index (χ2n) is 4.45. The van der Waals surface area contributed by atoms with E-state index < -0.39 is 10.0 Å². The summed E-state index contributed by atoms with van der Waals surface area (Å²) in [5.41, 5.74) is 0. The van der Waals surface area contributed by atoms with Crippen molar-refractivity contribution in [3.05, 3.63) is 18.3 Å².